The summed E-state index contributed by atoms with van der Waals surface area (Å²) in [4.78, 5) is 0. The van der Waals surface area contributed by atoms with Crippen LogP contribution >= 0.6 is 11.1 Å². The van der Waals surface area contributed by atoms with Gasteiger partial charge in [0, 0.05) is 0 Å². The first kappa shape index (κ1) is 21.6. The van der Waals surface area contributed by atoms with E-state index in [2.05, 4.69) is 74.1 Å². The van der Waals surface area contributed by atoms with Crippen molar-refractivity contribution in [1.29, 1.82) is 0 Å². The summed E-state index contributed by atoms with van der Waals surface area (Å²) >= 11 is 8.26. The maximum Gasteiger partial charge on any atom is -1.00 e. The van der Waals surface area contributed by atoms with Gasteiger partial charge >= 0.3 is 181 Å². The normalized spacial score (nSPS) is 24.4. The van der Waals surface area contributed by atoms with Crippen molar-refractivity contribution in [1.82, 2.24) is 0 Å². The van der Waals surface area contributed by atoms with Crippen molar-refractivity contribution < 1.29 is 49.2 Å². The molecule has 3 aliphatic rings. The molecule has 0 fully saturated rings. The molecule has 0 radical (unpaired) electrons. The Morgan fingerprint density at radius 1 is 0.897 bits per heavy atom. The van der Waals surface area contributed by atoms with E-state index in [9.17, 15) is 0 Å². The van der Waals surface area contributed by atoms with Crippen molar-refractivity contribution >= 4 is 34.9 Å². The third kappa shape index (κ3) is 2.79. The molecule has 0 saturated heterocycles. The van der Waals surface area contributed by atoms with E-state index in [-0.39, 0.29) is 24.8 Å². The van der Waals surface area contributed by atoms with Gasteiger partial charge in [0.2, 0.25) is 0 Å². The maximum atomic E-state index is 7.13. The van der Waals surface area contributed by atoms with Gasteiger partial charge in [-0.3, -0.25) is 0 Å². The molecule has 1 aliphatic heterocycles. The molecule has 3 aromatic carbocycles. The van der Waals surface area contributed by atoms with Crippen molar-refractivity contribution in [2.75, 3.05) is 0 Å². The minimum atomic E-state index is -1.90. The van der Waals surface area contributed by atoms with Gasteiger partial charge in [-0.1, -0.05) is 0 Å². The largest absolute Gasteiger partial charge is 1.00 e. The Hall–Kier alpha value is -0.643. The predicted molar refractivity (Wildman–Crippen MR) is 112 cm³/mol. The molecule has 0 spiro atoms. The minimum absolute atomic E-state index is 0. The third-order valence-electron chi connectivity index (χ3n) is 6.61. The summed E-state index contributed by atoms with van der Waals surface area (Å²) in [7, 11) is -1.90. The van der Waals surface area contributed by atoms with Crippen LogP contribution in [0.15, 0.2) is 60.2 Å². The van der Waals surface area contributed by atoms with Gasteiger partial charge in [0.25, 0.3) is 0 Å². The minimum Gasteiger partial charge on any atom is -1.00 e. The Bertz CT molecular complexity index is 1200. The van der Waals surface area contributed by atoms with Crippen LogP contribution in [0.2, 0.25) is 6.55 Å². The fraction of sp³-hybridized carbons (Fsp3) is 0.167. The number of hydrogen-bond donors (Lipinski definition) is 0. The van der Waals surface area contributed by atoms with Crippen LogP contribution in [0.3, 0.4) is 0 Å². The van der Waals surface area contributed by atoms with Crippen LogP contribution < -0.4 is 35.2 Å². The molecule has 3 atom stereocenters. The zero-order valence-electron chi connectivity index (χ0n) is 16.1. The molecular weight excluding hydrogens is 601 g/mol. The zero-order chi connectivity index (χ0) is 18.5. The summed E-state index contributed by atoms with van der Waals surface area (Å²) in [6.07, 6.45) is 2.38. The van der Waals surface area contributed by atoms with E-state index in [0.29, 0.717) is 9.59 Å². The average molecular weight is 619 g/mol. The molecule has 3 unspecified atom stereocenters. The molecule has 0 aromatic heterocycles. The van der Waals surface area contributed by atoms with Gasteiger partial charge < -0.3 is 24.8 Å². The van der Waals surface area contributed by atoms with Gasteiger partial charge in [0.1, 0.15) is 0 Å². The topological polar surface area (TPSA) is 0 Å². The van der Waals surface area contributed by atoms with Crippen LogP contribution in [0.4, 0.5) is 0 Å². The number of allylic oxidation sites excluding steroid dienone is 1. The number of benzene rings is 3. The van der Waals surface area contributed by atoms with Crippen LogP contribution in [-0.2, 0) is 24.4 Å². The summed E-state index contributed by atoms with van der Waals surface area (Å²) in [5, 5.41) is 3.01. The second-order valence-corrected chi connectivity index (χ2v) is 15.5. The van der Waals surface area contributed by atoms with Gasteiger partial charge in [-0.15, -0.1) is 0 Å². The number of halogens is 3. The Morgan fingerprint density at radius 3 is 2.31 bits per heavy atom. The van der Waals surface area contributed by atoms with Crippen molar-refractivity contribution in [3.8, 4) is 11.1 Å². The number of rotatable bonds is 1. The standard InChI is InChI=1S/C24H18ClSi.2ClH.Hf/c1-14-11-15-7-4-6-10-18(15)22(14)23-20-12-16-8-3-5-9-17(16)19(20)13-21-24(23)26(21,2)25;;;/h3-13,22H,1-2H3;2*1H;/q;;;+2/p-2. The molecule has 5 heteroatoms. The summed E-state index contributed by atoms with van der Waals surface area (Å²) in [5.74, 6) is 0.378. The molecule has 143 valence electrons. The van der Waals surface area contributed by atoms with Crippen LogP contribution in [0.5, 0.6) is 0 Å². The summed E-state index contributed by atoms with van der Waals surface area (Å²) in [6.45, 7) is 4.61. The molecule has 3 aromatic rings. The van der Waals surface area contributed by atoms with Crippen LogP contribution in [0, 0.1) is 0 Å². The Kier molecular flexibility index (Phi) is 5.36. The molecular formula is C24H18Cl3HfSi. The monoisotopic (exact) mass is 619 g/mol. The summed E-state index contributed by atoms with van der Waals surface area (Å²) in [6, 6.07) is 20.4. The molecule has 0 saturated carbocycles. The van der Waals surface area contributed by atoms with Crippen LogP contribution in [0.25, 0.3) is 17.2 Å². The van der Waals surface area contributed by atoms with E-state index in [1.807, 2.05) is 0 Å². The van der Waals surface area contributed by atoms with Crippen molar-refractivity contribution in [3.05, 3.63) is 88.0 Å². The van der Waals surface area contributed by atoms with Gasteiger partial charge in [-0.2, -0.15) is 0 Å². The van der Waals surface area contributed by atoms with Gasteiger partial charge in [0.15, 0.2) is 0 Å². The molecule has 0 amide bonds. The Labute approximate surface area is 204 Å². The molecule has 0 N–H and O–H groups in total. The molecule has 6 rings (SSSR count). The van der Waals surface area contributed by atoms with E-state index in [0.717, 1.165) is 24.4 Å². The second-order valence-electron chi connectivity index (χ2n) is 8.15. The van der Waals surface area contributed by atoms with Crippen molar-refractivity contribution in [2.45, 2.75) is 23.1 Å². The summed E-state index contributed by atoms with van der Waals surface area (Å²) in [5.41, 5.74) is 11.9. The fourth-order valence-corrected chi connectivity index (χ4v) is 11.2. The second kappa shape index (κ2) is 7.21. The first-order chi connectivity index (χ1) is 13.0. The smallest absolute Gasteiger partial charge is 1.00 e. The quantitative estimate of drug-likeness (QED) is 0.245. The molecule has 29 heavy (non-hydrogen) atoms. The third-order valence-corrected chi connectivity index (χ3v) is 12.6. The first-order valence-electron chi connectivity index (χ1n) is 9.48. The zero-order valence-corrected chi connectivity index (χ0v) is 22.9. The molecule has 1 heterocycles. The van der Waals surface area contributed by atoms with E-state index in [4.69, 9.17) is 11.1 Å². The van der Waals surface area contributed by atoms with Crippen molar-refractivity contribution in [3.63, 3.8) is 0 Å². The van der Waals surface area contributed by atoms with E-state index < -0.39 is 7.38 Å². The average Bonchev–Trinajstić information content (AvgIpc) is 2.94. The SMILES string of the molecule is CC1=Cc2ccccc2C1c1c2c(cc3c1[Si]3(C)Cl)-c1ccccc1[CH]2[Hf+2].[Cl-].[Cl-]. The Balaban J connectivity index is 0.00000102. The predicted octanol–water partition coefficient (Wildman–Crippen LogP) is -0.898. The number of fused-ring (bicyclic) bond motifs is 5. The molecule has 0 bridgehead atoms. The number of hydrogen-bond acceptors (Lipinski definition) is 0. The molecule has 0 nitrogen and oxygen atoms in total. The Morgan fingerprint density at radius 2 is 1.55 bits per heavy atom. The van der Waals surface area contributed by atoms with E-state index in [1.54, 1.807) is 11.1 Å². The maximum absolute atomic E-state index is 7.13. The molecule has 2 aliphatic carbocycles. The van der Waals surface area contributed by atoms with E-state index >= 15 is 0 Å². The fourth-order valence-electron chi connectivity index (χ4n) is 5.33. The van der Waals surface area contributed by atoms with Gasteiger partial charge in [-0.25, -0.2) is 0 Å². The van der Waals surface area contributed by atoms with E-state index in [1.165, 1.54) is 43.8 Å². The van der Waals surface area contributed by atoms with Gasteiger partial charge in [0.05, 0.1) is 0 Å². The van der Waals surface area contributed by atoms with Crippen LogP contribution in [0.1, 0.15) is 44.3 Å². The van der Waals surface area contributed by atoms with Crippen molar-refractivity contribution in [2.24, 2.45) is 0 Å². The summed E-state index contributed by atoms with van der Waals surface area (Å²) < 4.78 is 0.569. The first-order valence-corrected chi connectivity index (χ1v) is 15.1. The van der Waals surface area contributed by atoms with Crippen LogP contribution in [-0.4, -0.2) is 7.38 Å². The van der Waals surface area contributed by atoms with Gasteiger partial charge in [-0.05, 0) is 0 Å².